The van der Waals surface area contributed by atoms with E-state index in [0.29, 0.717) is 44.2 Å². The second kappa shape index (κ2) is 8.91. The molecule has 3 aromatic rings. The average Bonchev–Trinajstić information content (AvgIpc) is 3.58. The van der Waals surface area contributed by atoms with Gasteiger partial charge in [0.15, 0.2) is 0 Å². The zero-order valence-electron chi connectivity index (χ0n) is 21.0. The fourth-order valence-corrected chi connectivity index (χ4v) is 6.48. The van der Waals surface area contributed by atoms with Gasteiger partial charge in [0.1, 0.15) is 12.0 Å². The summed E-state index contributed by atoms with van der Waals surface area (Å²) >= 11 is 0. The molecule has 6 rings (SSSR count). The van der Waals surface area contributed by atoms with E-state index in [1.54, 1.807) is 17.0 Å². The highest BCUT2D eigenvalue weighted by Crippen LogP contribution is 2.56. The van der Waals surface area contributed by atoms with Crippen molar-refractivity contribution in [1.82, 2.24) is 14.7 Å². The van der Waals surface area contributed by atoms with Gasteiger partial charge in [-0.3, -0.25) is 4.79 Å². The highest BCUT2D eigenvalue weighted by molar-refractivity contribution is 5.96. The molecule has 37 heavy (non-hydrogen) atoms. The quantitative estimate of drug-likeness (QED) is 0.514. The van der Waals surface area contributed by atoms with Crippen molar-refractivity contribution in [1.29, 1.82) is 0 Å². The minimum absolute atomic E-state index is 0.128. The van der Waals surface area contributed by atoms with Crippen LogP contribution in [0.2, 0.25) is 0 Å². The fraction of sp³-hybridized carbons (Fsp3) is 0.400. The first-order valence-electron chi connectivity index (χ1n) is 13.0. The number of hydrogen-bond acceptors (Lipinski definition) is 3. The topological polar surface area (TPSA) is 58.4 Å². The molecule has 2 heterocycles. The number of benzene rings is 2. The van der Waals surface area contributed by atoms with Gasteiger partial charge >= 0.3 is 0 Å². The molecular weight excluding hydrogens is 472 g/mol. The van der Waals surface area contributed by atoms with Gasteiger partial charge in [-0.25, -0.2) is 13.5 Å². The first kappa shape index (κ1) is 24.0. The van der Waals surface area contributed by atoms with Gasteiger partial charge in [0.25, 0.3) is 5.91 Å². The summed E-state index contributed by atoms with van der Waals surface area (Å²) in [5, 5.41) is 16.6. The summed E-state index contributed by atoms with van der Waals surface area (Å²) in [6.45, 7) is 2.72. The van der Waals surface area contributed by atoms with Gasteiger partial charge in [-0.1, -0.05) is 30.7 Å². The average molecular weight is 504 g/mol. The Hall–Kier alpha value is -3.32. The van der Waals surface area contributed by atoms with Gasteiger partial charge < -0.3 is 10.0 Å². The molecule has 1 amide bonds. The Labute approximate surface area is 215 Å². The molecule has 0 unspecified atom stereocenters. The number of carbonyl (C=O) groups excluding carboxylic acids is 1. The number of amides is 1. The Balaban J connectivity index is 1.24. The Bertz CT molecular complexity index is 1380. The Kier molecular flexibility index (Phi) is 5.79. The van der Waals surface area contributed by atoms with E-state index in [4.69, 9.17) is 0 Å². The van der Waals surface area contributed by atoms with Crippen molar-refractivity contribution < 1.29 is 18.7 Å². The lowest BCUT2D eigenvalue weighted by Crippen LogP contribution is -2.45. The van der Waals surface area contributed by atoms with Crippen LogP contribution >= 0.6 is 0 Å². The van der Waals surface area contributed by atoms with Crippen LogP contribution in [-0.4, -0.2) is 50.6 Å². The second-order valence-electron chi connectivity index (χ2n) is 10.9. The predicted octanol–water partition coefficient (Wildman–Crippen LogP) is 5.30. The third-order valence-corrected chi connectivity index (χ3v) is 8.83. The van der Waals surface area contributed by atoms with Crippen molar-refractivity contribution >= 4 is 12.0 Å². The van der Waals surface area contributed by atoms with Gasteiger partial charge in [-0.15, -0.1) is 0 Å². The largest absolute Gasteiger partial charge is 0.389 e. The van der Waals surface area contributed by atoms with Crippen LogP contribution in [0.15, 0.2) is 60.3 Å². The monoisotopic (exact) mass is 503 g/mol. The van der Waals surface area contributed by atoms with Gasteiger partial charge in [-0.2, -0.15) is 5.10 Å². The number of aromatic nitrogens is 2. The lowest BCUT2D eigenvalue weighted by Gasteiger charge is -2.42. The number of aryl methyl sites for hydroxylation is 1. The minimum atomic E-state index is -0.955. The molecule has 1 saturated heterocycles. The van der Waals surface area contributed by atoms with Crippen molar-refractivity contribution in [2.45, 2.75) is 57.2 Å². The number of fused-ring (bicyclic) bond motifs is 2. The molecule has 5 nitrogen and oxygen atoms in total. The number of hydrogen-bond donors (Lipinski definition) is 1. The van der Waals surface area contributed by atoms with Crippen molar-refractivity contribution in [3.05, 3.63) is 88.5 Å². The van der Waals surface area contributed by atoms with Gasteiger partial charge in [0.2, 0.25) is 0 Å². The van der Waals surface area contributed by atoms with Crippen molar-refractivity contribution in [2.75, 3.05) is 13.1 Å². The number of likely N-dealkylation sites (tertiary alicyclic amines) is 1. The molecule has 1 saturated carbocycles. The molecule has 1 N–H and O–H groups in total. The minimum Gasteiger partial charge on any atom is -0.389 e. The third-order valence-electron chi connectivity index (χ3n) is 8.83. The molecule has 1 aliphatic heterocycles. The highest BCUT2D eigenvalue weighted by atomic mass is 19.1. The maximum Gasteiger partial charge on any atom is 0.254 e. The zero-order chi connectivity index (χ0) is 25.8. The summed E-state index contributed by atoms with van der Waals surface area (Å²) < 4.78 is 29.0. The lowest BCUT2D eigenvalue weighted by atomic mass is 9.65. The van der Waals surface area contributed by atoms with Crippen LogP contribution in [0.25, 0.3) is 11.8 Å². The molecule has 1 aromatic heterocycles. The zero-order valence-corrected chi connectivity index (χ0v) is 21.0. The van der Waals surface area contributed by atoms with E-state index in [2.05, 4.69) is 18.1 Å². The van der Waals surface area contributed by atoms with E-state index in [1.807, 2.05) is 35.1 Å². The van der Waals surface area contributed by atoms with E-state index in [0.717, 1.165) is 28.9 Å². The maximum absolute atomic E-state index is 13.7. The summed E-state index contributed by atoms with van der Waals surface area (Å²) in [5.41, 5.74) is 4.17. The van der Waals surface area contributed by atoms with Crippen molar-refractivity contribution in [3.8, 4) is 5.69 Å². The lowest BCUT2D eigenvalue weighted by molar-refractivity contribution is -0.0462. The first-order chi connectivity index (χ1) is 17.8. The Morgan fingerprint density at radius 3 is 2.73 bits per heavy atom. The molecule has 7 heteroatoms. The summed E-state index contributed by atoms with van der Waals surface area (Å²) in [6.07, 6.45) is 6.61. The molecule has 192 valence electrons. The van der Waals surface area contributed by atoms with Crippen LogP contribution in [0.5, 0.6) is 0 Å². The number of halogens is 2. The molecule has 2 aromatic carbocycles. The summed E-state index contributed by atoms with van der Waals surface area (Å²) in [7, 11) is 0. The number of alkyl halides is 1. The van der Waals surface area contributed by atoms with E-state index in [-0.39, 0.29) is 18.3 Å². The van der Waals surface area contributed by atoms with Gasteiger partial charge in [0, 0.05) is 17.5 Å². The van der Waals surface area contributed by atoms with Crippen LogP contribution < -0.4 is 0 Å². The van der Waals surface area contributed by atoms with E-state index in [1.165, 1.54) is 17.7 Å². The van der Waals surface area contributed by atoms with Crippen LogP contribution in [0, 0.1) is 11.2 Å². The Morgan fingerprint density at radius 1 is 1.19 bits per heavy atom. The number of rotatable bonds is 5. The summed E-state index contributed by atoms with van der Waals surface area (Å²) in [6, 6.07) is 13.8. The normalized spacial score (nSPS) is 26.6. The SMILES string of the molecule is C[C@]12Cc3cnn(-c4ccc(F)cc4)c3C=C1CC[C@@]2(O)CCc1ccccc1C(=O)N1CC[C@H](F)C1. The Morgan fingerprint density at radius 2 is 1.97 bits per heavy atom. The van der Waals surface area contributed by atoms with Gasteiger partial charge in [-0.05, 0) is 86.1 Å². The smallest absolute Gasteiger partial charge is 0.254 e. The molecule has 2 aliphatic carbocycles. The van der Waals surface area contributed by atoms with Crippen molar-refractivity contribution in [3.63, 3.8) is 0 Å². The molecular formula is C30H31F2N3O2. The fourth-order valence-electron chi connectivity index (χ4n) is 6.48. The molecule has 0 radical (unpaired) electrons. The van der Waals surface area contributed by atoms with E-state index >= 15 is 0 Å². The van der Waals surface area contributed by atoms with Crippen LogP contribution in [0.3, 0.4) is 0 Å². The third kappa shape index (κ3) is 4.00. The van der Waals surface area contributed by atoms with Crippen molar-refractivity contribution in [2.24, 2.45) is 5.41 Å². The van der Waals surface area contributed by atoms with E-state index < -0.39 is 17.2 Å². The molecule has 0 spiro atoms. The number of aliphatic hydroxyl groups is 1. The molecule has 3 aliphatic rings. The molecule has 3 atom stereocenters. The number of nitrogens with zero attached hydrogens (tertiary/aromatic N) is 3. The molecule has 2 fully saturated rings. The van der Waals surface area contributed by atoms with Crippen LogP contribution in [-0.2, 0) is 12.8 Å². The van der Waals surface area contributed by atoms with Gasteiger partial charge in [0.05, 0.1) is 29.7 Å². The highest BCUT2D eigenvalue weighted by Gasteiger charge is 2.54. The first-order valence-corrected chi connectivity index (χ1v) is 13.0. The summed E-state index contributed by atoms with van der Waals surface area (Å²) in [5.74, 6) is -0.414. The molecule has 0 bridgehead atoms. The number of carbonyl (C=O) groups is 1. The second-order valence-corrected chi connectivity index (χ2v) is 10.9. The standard InChI is InChI=1S/C30H31F2N3O2/c1-29-17-21-18-33-35(25-8-6-23(31)7-9-25)27(21)16-22(29)11-14-30(29,37)13-10-20-4-2-3-5-26(20)28(36)34-15-12-24(32)19-34/h2-9,16,18,24,37H,10-15,17,19H2,1H3/t24-,29-,30-/m0/s1. The maximum atomic E-state index is 13.7. The van der Waals surface area contributed by atoms with Crippen LogP contribution in [0.1, 0.15) is 59.8 Å². The summed E-state index contributed by atoms with van der Waals surface area (Å²) in [4.78, 5) is 14.7. The van der Waals surface area contributed by atoms with E-state index in [9.17, 15) is 18.7 Å². The predicted molar refractivity (Wildman–Crippen MR) is 138 cm³/mol. The van der Waals surface area contributed by atoms with Crippen LogP contribution in [0.4, 0.5) is 8.78 Å².